The van der Waals surface area contributed by atoms with Gasteiger partial charge in [0.05, 0.1) is 16.7 Å². The zero-order valence-electron chi connectivity index (χ0n) is 11.4. The maximum absolute atomic E-state index is 12.7. The third-order valence-corrected chi connectivity index (χ3v) is 3.96. The molecule has 0 heterocycles. The van der Waals surface area contributed by atoms with Gasteiger partial charge in [-0.25, -0.2) is 9.22 Å². The summed E-state index contributed by atoms with van der Waals surface area (Å²) in [6.45, 7) is 0. The summed E-state index contributed by atoms with van der Waals surface area (Å²) in [7, 11) is -4.02. The van der Waals surface area contributed by atoms with Crippen molar-refractivity contribution in [3.8, 4) is 0 Å². The number of alkyl halides is 3. The number of sulfonamides is 1. The molecule has 0 fully saturated rings. The molecule has 23 heavy (non-hydrogen) atoms. The maximum Gasteiger partial charge on any atom is 0.416 e. The zero-order chi connectivity index (χ0) is 17.1. The van der Waals surface area contributed by atoms with Gasteiger partial charge in [-0.3, -0.25) is 0 Å². The van der Waals surface area contributed by atoms with Crippen molar-refractivity contribution in [3.63, 3.8) is 0 Å². The van der Waals surface area contributed by atoms with Gasteiger partial charge in [0.15, 0.2) is 0 Å². The molecule has 0 saturated carbocycles. The van der Waals surface area contributed by atoms with Gasteiger partial charge in [0.1, 0.15) is 5.82 Å². The minimum atomic E-state index is -4.50. The number of benzene rings is 2. The van der Waals surface area contributed by atoms with Gasteiger partial charge in [-0.1, -0.05) is 12.1 Å². The third-order valence-electron chi connectivity index (χ3n) is 2.72. The average molecular weight is 346 g/mol. The van der Waals surface area contributed by atoms with Crippen LogP contribution < -0.4 is 4.83 Å². The van der Waals surface area contributed by atoms with Crippen molar-refractivity contribution < 1.29 is 26.0 Å². The highest BCUT2D eigenvalue weighted by Crippen LogP contribution is 2.29. The van der Waals surface area contributed by atoms with Crippen molar-refractivity contribution in [2.45, 2.75) is 11.1 Å². The highest BCUT2D eigenvalue weighted by Gasteiger charge is 2.30. The maximum atomic E-state index is 12.7. The van der Waals surface area contributed by atoms with Crippen LogP contribution in [0.3, 0.4) is 0 Å². The molecule has 2 rings (SSSR count). The van der Waals surface area contributed by atoms with Crippen LogP contribution in [-0.4, -0.2) is 14.6 Å². The van der Waals surface area contributed by atoms with E-state index in [1.165, 1.54) is 12.1 Å². The van der Waals surface area contributed by atoms with E-state index in [0.717, 1.165) is 42.6 Å². The molecular weight excluding hydrogens is 336 g/mol. The molecule has 0 aliphatic heterocycles. The van der Waals surface area contributed by atoms with Gasteiger partial charge in [-0.05, 0) is 42.0 Å². The Kier molecular flexibility index (Phi) is 4.69. The summed E-state index contributed by atoms with van der Waals surface area (Å²) in [6.07, 6.45) is -3.56. The molecule has 0 bridgehead atoms. The lowest BCUT2D eigenvalue weighted by Crippen LogP contribution is -2.18. The quantitative estimate of drug-likeness (QED) is 0.525. The first-order valence-corrected chi connectivity index (χ1v) is 7.64. The number of hydrazone groups is 1. The van der Waals surface area contributed by atoms with E-state index < -0.39 is 27.6 Å². The molecule has 0 aromatic heterocycles. The van der Waals surface area contributed by atoms with Crippen LogP contribution in [0.5, 0.6) is 0 Å². The van der Waals surface area contributed by atoms with Crippen LogP contribution in [0.4, 0.5) is 17.6 Å². The predicted molar refractivity (Wildman–Crippen MR) is 75.8 cm³/mol. The molecule has 0 aliphatic rings. The van der Waals surface area contributed by atoms with E-state index in [1.807, 2.05) is 4.83 Å². The zero-order valence-corrected chi connectivity index (χ0v) is 12.2. The van der Waals surface area contributed by atoms with Gasteiger partial charge in [-0.2, -0.15) is 26.7 Å². The average Bonchev–Trinajstić information content (AvgIpc) is 2.47. The van der Waals surface area contributed by atoms with Gasteiger partial charge < -0.3 is 0 Å². The fourth-order valence-corrected chi connectivity index (χ4v) is 2.42. The second-order valence-electron chi connectivity index (χ2n) is 4.43. The Balaban J connectivity index is 2.14. The van der Waals surface area contributed by atoms with Crippen LogP contribution >= 0.6 is 0 Å². The highest BCUT2D eigenvalue weighted by molar-refractivity contribution is 7.89. The first-order chi connectivity index (χ1) is 10.7. The number of rotatable bonds is 4. The van der Waals surface area contributed by atoms with Crippen molar-refractivity contribution in [3.05, 3.63) is 65.5 Å². The largest absolute Gasteiger partial charge is 0.416 e. The normalized spacial score (nSPS) is 12.5. The van der Waals surface area contributed by atoms with E-state index in [9.17, 15) is 26.0 Å². The van der Waals surface area contributed by atoms with Gasteiger partial charge in [0.2, 0.25) is 0 Å². The lowest BCUT2D eigenvalue weighted by Gasteiger charge is -2.06. The summed E-state index contributed by atoms with van der Waals surface area (Å²) in [5.41, 5.74) is -0.801. The molecular formula is C14H10F4N2O2S. The van der Waals surface area contributed by atoms with Crippen molar-refractivity contribution >= 4 is 16.2 Å². The molecule has 2 aromatic rings. The van der Waals surface area contributed by atoms with Crippen molar-refractivity contribution in [1.82, 2.24) is 4.83 Å². The standard InChI is InChI=1S/C14H10F4N2O2S/c15-12-4-6-13(7-5-12)23(21,22)20-19-9-10-2-1-3-11(8-10)14(16,17)18/h1-9,20H/b19-9+. The minimum Gasteiger partial charge on any atom is -0.207 e. The fourth-order valence-electron chi connectivity index (χ4n) is 1.63. The molecule has 0 unspecified atom stereocenters. The van der Waals surface area contributed by atoms with Crippen molar-refractivity contribution in [2.75, 3.05) is 0 Å². The van der Waals surface area contributed by atoms with E-state index >= 15 is 0 Å². The summed E-state index contributed by atoms with van der Waals surface area (Å²) in [5, 5.41) is 3.41. The van der Waals surface area contributed by atoms with Gasteiger partial charge in [0.25, 0.3) is 10.0 Å². The van der Waals surface area contributed by atoms with E-state index in [2.05, 4.69) is 5.10 Å². The van der Waals surface area contributed by atoms with Gasteiger partial charge >= 0.3 is 6.18 Å². The Labute approximate surface area is 129 Å². The number of hydrogen-bond donors (Lipinski definition) is 1. The van der Waals surface area contributed by atoms with Crippen LogP contribution in [0.15, 0.2) is 58.5 Å². The Morgan fingerprint density at radius 3 is 2.30 bits per heavy atom. The minimum absolute atomic E-state index is 0.0710. The second kappa shape index (κ2) is 6.37. The lowest BCUT2D eigenvalue weighted by atomic mass is 10.1. The van der Waals surface area contributed by atoms with Gasteiger partial charge in [-0.15, -0.1) is 0 Å². The number of nitrogens with one attached hydrogen (secondary N) is 1. The molecule has 2 aromatic carbocycles. The molecule has 122 valence electrons. The second-order valence-corrected chi connectivity index (χ2v) is 6.09. The molecule has 9 heteroatoms. The molecule has 4 nitrogen and oxygen atoms in total. The Morgan fingerprint density at radius 2 is 1.70 bits per heavy atom. The van der Waals surface area contributed by atoms with E-state index in [1.54, 1.807) is 0 Å². The molecule has 1 N–H and O–H groups in total. The van der Waals surface area contributed by atoms with Crippen molar-refractivity contribution in [2.24, 2.45) is 5.10 Å². The fraction of sp³-hybridized carbons (Fsp3) is 0.0714. The lowest BCUT2D eigenvalue weighted by molar-refractivity contribution is -0.137. The van der Waals surface area contributed by atoms with Crippen LogP contribution in [0.1, 0.15) is 11.1 Å². The van der Waals surface area contributed by atoms with E-state index in [4.69, 9.17) is 0 Å². The summed E-state index contributed by atoms with van der Waals surface area (Å²) in [4.78, 5) is 1.62. The van der Waals surface area contributed by atoms with Crippen molar-refractivity contribution in [1.29, 1.82) is 0 Å². The molecule has 0 aliphatic carbocycles. The molecule has 0 saturated heterocycles. The summed E-state index contributed by atoms with van der Waals surface area (Å²) >= 11 is 0. The topological polar surface area (TPSA) is 58.5 Å². The Bertz CT molecular complexity index is 815. The van der Waals surface area contributed by atoms with Crippen LogP contribution in [0, 0.1) is 5.82 Å². The molecule has 0 amide bonds. The van der Waals surface area contributed by atoms with E-state index in [-0.39, 0.29) is 10.5 Å². The highest BCUT2D eigenvalue weighted by atomic mass is 32.2. The first-order valence-electron chi connectivity index (χ1n) is 6.16. The number of hydrogen-bond acceptors (Lipinski definition) is 3. The SMILES string of the molecule is O=S(=O)(N/N=C/c1cccc(C(F)(F)F)c1)c1ccc(F)cc1. The summed E-state index contributed by atoms with van der Waals surface area (Å²) < 4.78 is 74.1. The van der Waals surface area contributed by atoms with Gasteiger partial charge in [0, 0.05) is 0 Å². The Morgan fingerprint density at radius 1 is 1.04 bits per heavy atom. The predicted octanol–water partition coefficient (Wildman–Crippen LogP) is 3.16. The van der Waals surface area contributed by atoms with Crippen LogP contribution in [0.2, 0.25) is 0 Å². The third kappa shape index (κ3) is 4.52. The number of nitrogens with zero attached hydrogens (tertiary/aromatic N) is 1. The Hall–Kier alpha value is -2.42. The van der Waals surface area contributed by atoms with Crippen LogP contribution in [0.25, 0.3) is 0 Å². The summed E-state index contributed by atoms with van der Waals surface area (Å²) in [5.74, 6) is -0.601. The first kappa shape index (κ1) is 16.9. The molecule has 0 spiro atoms. The number of halogens is 4. The molecule has 0 atom stereocenters. The molecule has 0 radical (unpaired) electrons. The summed E-state index contributed by atoms with van der Waals surface area (Å²) in [6, 6.07) is 8.24. The van der Waals surface area contributed by atoms with E-state index in [0.29, 0.717) is 0 Å². The van der Waals surface area contributed by atoms with Crippen LogP contribution in [-0.2, 0) is 16.2 Å². The monoisotopic (exact) mass is 346 g/mol. The smallest absolute Gasteiger partial charge is 0.207 e.